The number of ketones is 1. The molecule has 35 heavy (non-hydrogen) atoms. The van der Waals surface area contributed by atoms with Gasteiger partial charge in [0.25, 0.3) is 10.0 Å². The van der Waals surface area contributed by atoms with E-state index in [2.05, 4.69) is 15.0 Å². The van der Waals surface area contributed by atoms with Crippen LogP contribution in [0.3, 0.4) is 0 Å². The third-order valence-corrected chi connectivity index (χ3v) is 6.97. The van der Waals surface area contributed by atoms with Crippen LogP contribution in [0.5, 0.6) is 5.75 Å². The van der Waals surface area contributed by atoms with E-state index in [0.717, 1.165) is 16.7 Å². The largest absolute Gasteiger partial charge is 0.496 e. The molecule has 3 aromatic carbocycles. The van der Waals surface area contributed by atoms with Gasteiger partial charge >= 0.3 is 0 Å². The molecule has 1 atom stereocenters. The Morgan fingerprint density at radius 2 is 1.74 bits per heavy atom. The van der Waals surface area contributed by atoms with Crippen molar-refractivity contribution in [2.45, 2.75) is 25.3 Å². The Bertz CT molecular complexity index is 1430. The molecule has 0 radical (unpaired) electrons. The quantitative estimate of drug-likeness (QED) is 0.486. The third-order valence-electron chi connectivity index (χ3n) is 5.59. The van der Waals surface area contributed by atoms with Gasteiger partial charge in [-0.15, -0.1) is 0 Å². The van der Waals surface area contributed by atoms with Gasteiger partial charge in [0.1, 0.15) is 11.7 Å². The minimum atomic E-state index is -3.96. The summed E-state index contributed by atoms with van der Waals surface area (Å²) in [5, 5.41) is 2.73. The highest BCUT2D eigenvalue weighted by Crippen LogP contribution is 2.30. The lowest BCUT2D eigenvalue weighted by Gasteiger charge is -2.18. The second-order valence-corrected chi connectivity index (χ2v) is 9.99. The molecule has 8 nitrogen and oxygen atoms in total. The molecule has 0 saturated carbocycles. The molecule has 1 aliphatic heterocycles. The summed E-state index contributed by atoms with van der Waals surface area (Å²) in [5.74, 6) is -1.59. The number of fused-ring (bicyclic) bond motifs is 1. The van der Waals surface area contributed by atoms with Crippen molar-refractivity contribution in [3.63, 3.8) is 0 Å². The Hall–Kier alpha value is -3.98. The van der Waals surface area contributed by atoms with Gasteiger partial charge in [-0.2, -0.15) is 0 Å². The number of rotatable bonds is 7. The van der Waals surface area contributed by atoms with Crippen LogP contribution in [0.2, 0.25) is 0 Å². The summed E-state index contributed by atoms with van der Waals surface area (Å²) in [4.78, 5) is 30.0. The average molecular weight is 492 g/mol. The lowest BCUT2D eigenvalue weighted by molar-refractivity contribution is -0.122. The number of carbonyl (C=O) groups excluding carboxylic acids is 2. The predicted molar refractivity (Wildman–Crippen MR) is 134 cm³/mol. The zero-order valence-corrected chi connectivity index (χ0v) is 20.3. The highest BCUT2D eigenvalue weighted by molar-refractivity contribution is 7.92. The maximum absolute atomic E-state index is 13.1. The van der Waals surface area contributed by atoms with E-state index >= 15 is 0 Å². The molecular weight excluding hydrogens is 466 g/mol. The number of para-hydroxylation sites is 1. The number of nitrogens with one attached hydrogen (secondary N) is 2. The molecule has 2 N–H and O–H groups in total. The number of sulfonamides is 1. The lowest BCUT2D eigenvalue weighted by Crippen LogP contribution is -2.37. The fourth-order valence-corrected chi connectivity index (χ4v) is 5.02. The molecule has 1 heterocycles. The fraction of sp³-hybridized carbons (Fsp3) is 0.192. The summed E-state index contributed by atoms with van der Waals surface area (Å²) in [6, 6.07) is 16.7. The van der Waals surface area contributed by atoms with Crippen LogP contribution in [0.15, 0.2) is 70.6 Å². The van der Waals surface area contributed by atoms with Crippen molar-refractivity contribution < 1.29 is 22.7 Å². The molecule has 0 aliphatic carbocycles. The van der Waals surface area contributed by atoms with E-state index in [1.807, 2.05) is 38.1 Å². The number of hydrogen-bond donors (Lipinski definition) is 2. The van der Waals surface area contributed by atoms with Gasteiger partial charge in [-0.05, 0) is 61.4 Å². The van der Waals surface area contributed by atoms with Crippen LogP contribution < -0.4 is 14.8 Å². The average Bonchev–Trinajstić information content (AvgIpc) is 2.81. The highest BCUT2D eigenvalue weighted by Gasteiger charge is 2.32. The highest BCUT2D eigenvalue weighted by atomic mass is 32.2. The van der Waals surface area contributed by atoms with Crippen LogP contribution in [0.1, 0.15) is 27.0 Å². The SMILES string of the molecule is COc1ccccc1CNC(=O)C1C=Nc2ccc(S(=O)(=O)Nc3cc(C)cc(C)c3)cc2C1=O. The topological polar surface area (TPSA) is 114 Å². The van der Waals surface area contributed by atoms with Gasteiger partial charge in [0.2, 0.25) is 5.91 Å². The van der Waals surface area contributed by atoms with Crippen LogP contribution in [0.4, 0.5) is 11.4 Å². The molecule has 180 valence electrons. The van der Waals surface area contributed by atoms with Crippen molar-refractivity contribution in [1.82, 2.24) is 5.32 Å². The predicted octanol–water partition coefficient (Wildman–Crippen LogP) is 3.94. The normalized spacial score (nSPS) is 14.8. The van der Waals surface area contributed by atoms with E-state index in [-0.39, 0.29) is 17.0 Å². The number of Topliss-reactive ketones (excluding diaryl/α,β-unsaturated/α-hetero) is 1. The second kappa shape index (κ2) is 9.71. The number of hydrogen-bond acceptors (Lipinski definition) is 6. The van der Waals surface area contributed by atoms with Crippen LogP contribution in [-0.4, -0.2) is 33.4 Å². The first-order chi connectivity index (χ1) is 16.7. The maximum atomic E-state index is 13.1. The minimum Gasteiger partial charge on any atom is -0.496 e. The Kier molecular flexibility index (Phi) is 6.70. The monoisotopic (exact) mass is 491 g/mol. The van der Waals surface area contributed by atoms with Gasteiger partial charge in [0.15, 0.2) is 5.78 Å². The van der Waals surface area contributed by atoms with Crippen molar-refractivity contribution >= 4 is 39.3 Å². The summed E-state index contributed by atoms with van der Waals surface area (Å²) in [6.45, 7) is 3.92. The number of anilines is 1. The van der Waals surface area contributed by atoms with E-state index in [0.29, 0.717) is 17.1 Å². The van der Waals surface area contributed by atoms with E-state index in [1.54, 1.807) is 18.2 Å². The minimum absolute atomic E-state index is 0.0771. The zero-order chi connectivity index (χ0) is 25.2. The number of carbonyl (C=O) groups is 2. The summed E-state index contributed by atoms with van der Waals surface area (Å²) in [6.07, 6.45) is 1.28. The summed E-state index contributed by atoms with van der Waals surface area (Å²) >= 11 is 0. The lowest BCUT2D eigenvalue weighted by atomic mass is 9.94. The number of benzene rings is 3. The molecule has 0 saturated heterocycles. The standard InChI is InChI=1S/C26H25N3O5S/c1-16-10-17(2)12-19(11-16)29-35(32,33)20-8-9-23-21(13-20)25(30)22(15-27-23)26(31)28-14-18-6-4-5-7-24(18)34-3/h4-13,15,22,29H,14H2,1-3H3,(H,28,31). The first kappa shape index (κ1) is 24.2. The Morgan fingerprint density at radius 1 is 1.03 bits per heavy atom. The summed E-state index contributed by atoms with van der Waals surface area (Å²) in [7, 11) is -2.43. The van der Waals surface area contributed by atoms with Gasteiger partial charge in [-0.3, -0.25) is 19.3 Å². The van der Waals surface area contributed by atoms with Gasteiger partial charge in [-0.1, -0.05) is 24.3 Å². The van der Waals surface area contributed by atoms with Crippen LogP contribution in [0.25, 0.3) is 0 Å². The summed E-state index contributed by atoms with van der Waals surface area (Å²) in [5.41, 5.74) is 3.41. The number of methoxy groups -OCH3 is 1. The first-order valence-electron chi connectivity index (χ1n) is 10.9. The Morgan fingerprint density at radius 3 is 2.46 bits per heavy atom. The molecule has 0 spiro atoms. The van der Waals surface area contributed by atoms with Crippen molar-refractivity contribution in [3.05, 3.63) is 82.9 Å². The van der Waals surface area contributed by atoms with Crippen LogP contribution >= 0.6 is 0 Å². The van der Waals surface area contributed by atoms with Crippen molar-refractivity contribution in [1.29, 1.82) is 0 Å². The van der Waals surface area contributed by atoms with Crippen molar-refractivity contribution in [3.8, 4) is 5.75 Å². The number of ether oxygens (including phenoxy) is 1. The first-order valence-corrected chi connectivity index (χ1v) is 12.4. The number of nitrogens with zero attached hydrogens (tertiary/aromatic N) is 1. The summed E-state index contributed by atoms with van der Waals surface area (Å²) < 4.78 is 33.8. The molecule has 0 fully saturated rings. The van der Waals surface area contributed by atoms with Gasteiger partial charge in [-0.25, -0.2) is 8.42 Å². The fourth-order valence-electron chi connectivity index (χ4n) is 3.96. The van der Waals surface area contributed by atoms with Gasteiger partial charge in [0.05, 0.1) is 17.7 Å². The molecule has 1 amide bonds. The second-order valence-electron chi connectivity index (χ2n) is 8.31. The maximum Gasteiger partial charge on any atom is 0.261 e. The molecule has 4 rings (SSSR count). The van der Waals surface area contributed by atoms with E-state index in [1.165, 1.54) is 31.5 Å². The molecular formula is C26H25N3O5S. The van der Waals surface area contributed by atoms with E-state index in [9.17, 15) is 18.0 Å². The number of aliphatic imine (C=N–C) groups is 1. The molecule has 1 unspecified atom stereocenters. The van der Waals surface area contributed by atoms with Gasteiger partial charge < -0.3 is 10.1 Å². The molecule has 0 aromatic heterocycles. The molecule has 9 heteroatoms. The number of amides is 1. The zero-order valence-electron chi connectivity index (χ0n) is 19.5. The Balaban J connectivity index is 1.53. The third kappa shape index (κ3) is 5.25. The van der Waals surface area contributed by atoms with E-state index in [4.69, 9.17) is 4.74 Å². The van der Waals surface area contributed by atoms with Crippen molar-refractivity contribution in [2.24, 2.45) is 10.9 Å². The van der Waals surface area contributed by atoms with E-state index < -0.39 is 27.6 Å². The number of aryl methyl sites for hydroxylation is 2. The van der Waals surface area contributed by atoms with Gasteiger partial charge in [0, 0.05) is 29.6 Å². The Labute approximate surface area is 204 Å². The molecule has 0 bridgehead atoms. The smallest absolute Gasteiger partial charge is 0.261 e. The van der Waals surface area contributed by atoms with Crippen LogP contribution in [0, 0.1) is 19.8 Å². The van der Waals surface area contributed by atoms with Crippen LogP contribution in [-0.2, 0) is 21.4 Å². The molecule has 3 aromatic rings. The van der Waals surface area contributed by atoms with Crippen molar-refractivity contribution in [2.75, 3.05) is 11.8 Å². The molecule has 1 aliphatic rings.